The normalized spacial score (nSPS) is 15.5. The van der Waals surface area contributed by atoms with Gasteiger partial charge in [-0.3, -0.25) is 4.21 Å². The van der Waals surface area contributed by atoms with Crippen molar-refractivity contribution < 1.29 is 13.0 Å². The van der Waals surface area contributed by atoms with Gasteiger partial charge in [-0.2, -0.15) is 0 Å². The summed E-state index contributed by atoms with van der Waals surface area (Å²) in [6.45, 7) is 1.63. The molecule has 0 atom stereocenters. The Kier molecular flexibility index (Phi) is 4.31. The molecule has 3 heterocycles. The smallest absolute Gasteiger partial charge is 0.245 e. The van der Waals surface area contributed by atoms with Crippen molar-refractivity contribution in [1.82, 2.24) is 9.97 Å². The number of halogens is 1. The molecule has 2 aromatic heterocycles. The summed E-state index contributed by atoms with van der Waals surface area (Å²) >= 11 is 0. The molecule has 0 radical (unpaired) electrons. The third-order valence-corrected chi connectivity index (χ3v) is 5.43. The van der Waals surface area contributed by atoms with Crippen LogP contribution >= 0.6 is 0 Å². The van der Waals surface area contributed by atoms with Crippen LogP contribution in [0.1, 0.15) is 0 Å². The number of rotatable bonds is 3. The standard InChI is InChI=1S/C18H16FN3O2S/c19-14-3-6-16(20-11-14)18-21-17(12-24-18)13-1-4-15(5-2-13)22-7-9-25(23)10-8-22/h1-6,11-12H,7-10H2. The van der Waals surface area contributed by atoms with E-state index in [1.54, 1.807) is 6.26 Å². The van der Waals surface area contributed by atoms with Gasteiger partial charge in [0, 0.05) is 46.6 Å². The highest BCUT2D eigenvalue weighted by molar-refractivity contribution is 7.85. The summed E-state index contributed by atoms with van der Waals surface area (Å²) in [5, 5.41) is 0. The largest absolute Gasteiger partial charge is 0.443 e. The third kappa shape index (κ3) is 3.46. The summed E-state index contributed by atoms with van der Waals surface area (Å²) in [6.07, 6.45) is 2.71. The zero-order valence-electron chi connectivity index (χ0n) is 13.4. The SMILES string of the molecule is O=S1CCN(c2ccc(-c3coc(-c4ccc(F)cn4)n3)cc2)CC1. The summed E-state index contributed by atoms with van der Waals surface area (Å²) < 4.78 is 29.9. The van der Waals surface area contributed by atoms with Gasteiger partial charge in [-0.25, -0.2) is 14.4 Å². The molecule has 0 N–H and O–H groups in total. The highest BCUT2D eigenvalue weighted by atomic mass is 32.2. The van der Waals surface area contributed by atoms with Crippen LogP contribution in [-0.4, -0.2) is 38.8 Å². The molecule has 0 unspecified atom stereocenters. The van der Waals surface area contributed by atoms with Gasteiger partial charge in [-0.15, -0.1) is 0 Å². The number of hydrogen-bond acceptors (Lipinski definition) is 5. The fourth-order valence-corrected chi connectivity index (χ4v) is 3.82. The van der Waals surface area contributed by atoms with Crippen molar-refractivity contribution in [1.29, 1.82) is 0 Å². The van der Waals surface area contributed by atoms with Crippen molar-refractivity contribution in [2.45, 2.75) is 0 Å². The Morgan fingerprint density at radius 2 is 1.80 bits per heavy atom. The summed E-state index contributed by atoms with van der Waals surface area (Å²) in [7, 11) is -0.679. The Morgan fingerprint density at radius 1 is 1.04 bits per heavy atom. The highest BCUT2D eigenvalue weighted by Gasteiger charge is 2.16. The first kappa shape index (κ1) is 16.0. The molecule has 3 aromatic rings. The number of nitrogens with zero attached hydrogens (tertiary/aromatic N) is 3. The van der Waals surface area contributed by atoms with Gasteiger partial charge in [-0.1, -0.05) is 12.1 Å². The third-order valence-electron chi connectivity index (χ3n) is 4.16. The first-order chi connectivity index (χ1) is 12.2. The molecule has 0 saturated carbocycles. The van der Waals surface area contributed by atoms with Crippen LogP contribution in [-0.2, 0) is 10.8 Å². The lowest BCUT2D eigenvalue weighted by molar-refractivity contribution is 0.570. The number of pyridine rings is 1. The van der Waals surface area contributed by atoms with Gasteiger partial charge in [0.05, 0.1) is 6.20 Å². The molecule has 4 rings (SSSR count). The van der Waals surface area contributed by atoms with Crippen molar-refractivity contribution in [3.8, 4) is 22.8 Å². The van der Waals surface area contributed by atoms with Gasteiger partial charge in [0.1, 0.15) is 23.5 Å². The first-order valence-electron chi connectivity index (χ1n) is 7.97. The lowest BCUT2D eigenvalue weighted by atomic mass is 10.1. The minimum atomic E-state index is -0.679. The molecule has 0 spiro atoms. The zero-order chi connectivity index (χ0) is 17.2. The van der Waals surface area contributed by atoms with E-state index in [-0.39, 0.29) is 0 Å². The average molecular weight is 357 g/mol. The maximum absolute atomic E-state index is 13.0. The quantitative estimate of drug-likeness (QED) is 0.721. The second kappa shape index (κ2) is 6.76. The predicted molar refractivity (Wildman–Crippen MR) is 95.2 cm³/mol. The molecule has 1 saturated heterocycles. The Labute approximate surface area is 147 Å². The van der Waals surface area contributed by atoms with E-state index in [4.69, 9.17) is 4.42 Å². The van der Waals surface area contributed by atoms with Crippen molar-refractivity contribution in [2.24, 2.45) is 0 Å². The van der Waals surface area contributed by atoms with Gasteiger partial charge < -0.3 is 9.32 Å². The zero-order valence-corrected chi connectivity index (χ0v) is 14.2. The number of hydrogen-bond donors (Lipinski definition) is 0. The van der Waals surface area contributed by atoms with Crippen LogP contribution in [0.3, 0.4) is 0 Å². The molecule has 1 fully saturated rings. The minimum absolute atomic E-state index is 0.359. The molecule has 1 aliphatic rings. The lowest BCUT2D eigenvalue weighted by Crippen LogP contribution is -2.37. The summed E-state index contributed by atoms with van der Waals surface area (Å²) in [4.78, 5) is 10.6. The van der Waals surface area contributed by atoms with Gasteiger partial charge in [0.25, 0.3) is 0 Å². The first-order valence-corrected chi connectivity index (χ1v) is 9.46. The molecule has 7 heteroatoms. The van der Waals surface area contributed by atoms with Crippen LogP contribution in [0.5, 0.6) is 0 Å². The highest BCUT2D eigenvalue weighted by Crippen LogP contribution is 2.26. The molecule has 0 aliphatic carbocycles. The monoisotopic (exact) mass is 357 g/mol. The maximum atomic E-state index is 13.0. The number of oxazole rings is 1. The van der Waals surface area contributed by atoms with Crippen LogP contribution in [0, 0.1) is 5.82 Å². The molecule has 0 amide bonds. The Bertz CT molecular complexity index is 883. The molecular formula is C18H16FN3O2S. The molecule has 128 valence electrons. The molecule has 0 bridgehead atoms. The van der Waals surface area contributed by atoms with Crippen LogP contribution in [0.2, 0.25) is 0 Å². The van der Waals surface area contributed by atoms with Crippen molar-refractivity contribution >= 4 is 16.5 Å². The molecule has 25 heavy (non-hydrogen) atoms. The van der Waals surface area contributed by atoms with E-state index in [0.717, 1.165) is 42.0 Å². The molecular weight excluding hydrogens is 341 g/mol. The van der Waals surface area contributed by atoms with E-state index in [9.17, 15) is 8.60 Å². The van der Waals surface area contributed by atoms with E-state index in [2.05, 4.69) is 14.9 Å². The summed E-state index contributed by atoms with van der Waals surface area (Å²) in [5.41, 5.74) is 3.24. The molecule has 1 aromatic carbocycles. The van der Waals surface area contributed by atoms with Crippen LogP contribution in [0.25, 0.3) is 22.8 Å². The van der Waals surface area contributed by atoms with E-state index in [1.807, 2.05) is 24.3 Å². The van der Waals surface area contributed by atoms with Crippen molar-refractivity contribution in [3.05, 3.63) is 54.7 Å². The number of aromatic nitrogens is 2. The Hall–Kier alpha value is -2.54. The lowest BCUT2D eigenvalue weighted by Gasteiger charge is -2.28. The van der Waals surface area contributed by atoms with Gasteiger partial charge >= 0.3 is 0 Å². The second-order valence-electron chi connectivity index (χ2n) is 5.78. The predicted octanol–water partition coefficient (Wildman–Crippen LogP) is 3.11. The average Bonchev–Trinajstić information content (AvgIpc) is 3.13. The Morgan fingerprint density at radius 3 is 2.48 bits per heavy atom. The van der Waals surface area contributed by atoms with E-state index >= 15 is 0 Å². The summed E-state index contributed by atoms with van der Waals surface area (Å²) in [5.74, 6) is 1.41. The van der Waals surface area contributed by atoms with Gasteiger partial charge in [0.15, 0.2) is 0 Å². The van der Waals surface area contributed by atoms with Crippen LogP contribution in [0.15, 0.2) is 53.3 Å². The van der Waals surface area contributed by atoms with Crippen molar-refractivity contribution in [3.63, 3.8) is 0 Å². The summed E-state index contributed by atoms with van der Waals surface area (Å²) in [6, 6.07) is 10.9. The fraction of sp³-hybridized carbons (Fsp3) is 0.222. The fourth-order valence-electron chi connectivity index (χ4n) is 2.77. The van der Waals surface area contributed by atoms with Gasteiger partial charge in [0.2, 0.25) is 5.89 Å². The molecule has 5 nitrogen and oxygen atoms in total. The van der Waals surface area contributed by atoms with E-state index in [0.29, 0.717) is 17.3 Å². The van der Waals surface area contributed by atoms with E-state index < -0.39 is 16.6 Å². The topological polar surface area (TPSA) is 59.2 Å². The Balaban J connectivity index is 1.52. The maximum Gasteiger partial charge on any atom is 0.245 e. The van der Waals surface area contributed by atoms with Gasteiger partial charge in [-0.05, 0) is 24.3 Å². The number of anilines is 1. The minimum Gasteiger partial charge on any atom is -0.443 e. The number of benzene rings is 1. The van der Waals surface area contributed by atoms with Crippen molar-refractivity contribution in [2.75, 3.05) is 29.5 Å². The molecule has 1 aliphatic heterocycles. The van der Waals surface area contributed by atoms with Crippen LogP contribution in [0.4, 0.5) is 10.1 Å². The second-order valence-corrected chi connectivity index (χ2v) is 7.48. The van der Waals surface area contributed by atoms with E-state index in [1.165, 1.54) is 12.1 Å². The van der Waals surface area contributed by atoms with Crippen LogP contribution < -0.4 is 4.90 Å².